The van der Waals surface area contributed by atoms with Crippen molar-refractivity contribution in [2.45, 2.75) is 13.0 Å². The molecule has 1 saturated heterocycles. The molecule has 1 fully saturated rings. The smallest absolute Gasteiger partial charge is 0.231 e. The Balaban J connectivity index is 1.44. The van der Waals surface area contributed by atoms with E-state index in [0.717, 1.165) is 11.3 Å². The highest BCUT2D eigenvalue weighted by atomic mass is 16.7. The first-order valence-corrected chi connectivity index (χ1v) is 8.61. The van der Waals surface area contributed by atoms with Crippen molar-refractivity contribution in [3.05, 3.63) is 54.1 Å². The van der Waals surface area contributed by atoms with Crippen molar-refractivity contribution in [3.8, 4) is 11.5 Å². The number of amides is 2. The molecular formula is C20H20N2O4. The zero-order chi connectivity index (χ0) is 18.1. The Hall–Kier alpha value is -3.02. The average molecular weight is 352 g/mol. The Kier molecular flexibility index (Phi) is 4.24. The van der Waals surface area contributed by atoms with Crippen LogP contribution in [0.1, 0.15) is 12.0 Å². The van der Waals surface area contributed by atoms with Crippen LogP contribution in [0, 0.1) is 5.92 Å². The fourth-order valence-corrected chi connectivity index (χ4v) is 3.42. The van der Waals surface area contributed by atoms with Crippen LogP contribution in [0.5, 0.6) is 11.5 Å². The Morgan fingerprint density at radius 3 is 2.73 bits per heavy atom. The predicted molar refractivity (Wildman–Crippen MR) is 95.9 cm³/mol. The number of fused-ring (bicyclic) bond motifs is 1. The normalized spacial score (nSPS) is 18.3. The topological polar surface area (TPSA) is 59.1 Å². The number of ether oxygens (including phenoxy) is 2. The number of hydrogen-bond acceptors (Lipinski definition) is 4. The second-order valence-corrected chi connectivity index (χ2v) is 6.62. The summed E-state index contributed by atoms with van der Waals surface area (Å²) >= 11 is 0. The monoisotopic (exact) mass is 352 g/mol. The van der Waals surface area contributed by atoms with Gasteiger partial charge in [0.25, 0.3) is 0 Å². The molecule has 0 saturated carbocycles. The SMILES string of the molecule is CN(Cc1ccccc1)C(=O)C1CC(=O)N(c2ccc3c(c2)OCO3)C1. The van der Waals surface area contributed by atoms with Gasteiger partial charge in [-0.15, -0.1) is 0 Å². The van der Waals surface area contributed by atoms with Gasteiger partial charge in [0.1, 0.15) is 0 Å². The van der Waals surface area contributed by atoms with Crippen molar-refractivity contribution in [1.82, 2.24) is 4.90 Å². The van der Waals surface area contributed by atoms with Gasteiger partial charge >= 0.3 is 0 Å². The van der Waals surface area contributed by atoms with Gasteiger partial charge in [-0.05, 0) is 17.7 Å². The molecule has 6 nitrogen and oxygen atoms in total. The molecule has 2 aromatic carbocycles. The molecule has 2 aliphatic rings. The predicted octanol–water partition coefficient (Wildman–Crippen LogP) is 2.43. The summed E-state index contributed by atoms with van der Waals surface area (Å²) in [7, 11) is 1.78. The van der Waals surface area contributed by atoms with Gasteiger partial charge in [-0.3, -0.25) is 9.59 Å². The molecular weight excluding hydrogens is 332 g/mol. The quantitative estimate of drug-likeness (QED) is 0.848. The number of hydrogen-bond donors (Lipinski definition) is 0. The number of carbonyl (C=O) groups is 2. The first kappa shape index (κ1) is 16.4. The van der Waals surface area contributed by atoms with E-state index in [9.17, 15) is 9.59 Å². The Morgan fingerprint density at radius 2 is 1.92 bits per heavy atom. The summed E-state index contributed by atoms with van der Waals surface area (Å²) in [5, 5.41) is 0. The minimum absolute atomic E-state index is 0.00885. The average Bonchev–Trinajstić information content (AvgIpc) is 3.27. The lowest BCUT2D eigenvalue weighted by Gasteiger charge is -2.21. The van der Waals surface area contributed by atoms with Crippen LogP contribution in [0.2, 0.25) is 0 Å². The Labute approximate surface area is 151 Å². The van der Waals surface area contributed by atoms with Crippen LogP contribution < -0.4 is 14.4 Å². The van der Waals surface area contributed by atoms with E-state index in [1.54, 1.807) is 29.0 Å². The van der Waals surface area contributed by atoms with E-state index in [2.05, 4.69) is 0 Å². The molecule has 2 amide bonds. The molecule has 2 aliphatic heterocycles. The van der Waals surface area contributed by atoms with Gasteiger partial charge in [0, 0.05) is 38.3 Å². The van der Waals surface area contributed by atoms with E-state index in [1.165, 1.54) is 0 Å². The highest BCUT2D eigenvalue weighted by molar-refractivity contribution is 6.00. The van der Waals surface area contributed by atoms with Crippen LogP contribution in [0.3, 0.4) is 0 Å². The van der Waals surface area contributed by atoms with Gasteiger partial charge in [0.05, 0.1) is 5.92 Å². The van der Waals surface area contributed by atoms with Crippen LogP contribution in [-0.2, 0) is 16.1 Å². The minimum Gasteiger partial charge on any atom is -0.454 e. The number of rotatable bonds is 4. The van der Waals surface area contributed by atoms with Gasteiger partial charge in [-0.25, -0.2) is 0 Å². The van der Waals surface area contributed by atoms with E-state index in [4.69, 9.17) is 9.47 Å². The van der Waals surface area contributed by atoms with Crippen molar-refractivity contribution in [1.29, 1.82) is 0 Å². The molecule has 1 atom stereocenters. The van der Waals surface area contributed by atoms with Crippen molar-refractivity contribution >= 4 is 17.5 Å². The lowest BCUT2D eigenvalue weighted by molar-refractivity contribution is -0.135. The summed E-state index contributed by atoms with van der Waals surface area (Å²) in [6.07, 6.45) is 0.229. The summed E-state index contributed by atoms with van der Waals surface area (Å²) in [6, 6.07) is 15.2. The Morgan fingerprint density at radius 1 is 1.15 bits per heavy atom. The number of carbonyl (C=O) groups excluding carboxylic acids is 2. The lowest BCUT2D eigenvalue weighted by Crippen LogP contribution is -2.34. The highest BCUT2D eigenvalue weighted by Crippen LogP contribution is 2.37. The third kappa shape index (κ3) is 3.10. The summed E-state index contributed by atoms with van der Waals surface area (Å²) in [4.78, 5) is 28.6. The zero-order valence-electron chi connectivity index (χ0n) is 14.6. The number of benzene rings is 2. The molecule has 2 heterocycles. The molecule has 0 radical (unpaired) electrons. The maximum Gasteiger partial charge on any atom is 0.231 e. The first-order chi connectivity index (χ1) is 12.6. The van der Waals surface area contributed by atoms with Crippen LogP contribution in [0.4, 0.5) is 5.69 Å². The van der Waals surface area contributed by atoms with Gasteiger partial charge in [0.2, 0.25) is 18.6 Å². The van der Waals surface area contributed by atoms with E-state index in [1.807, 2.05) is 36.4 Å². The molecule has 0 bridgehead atoms. The van der Waals surface area contributed by atoms with Gasteiger partial charge in [-0.1, -0.05) is 30.3 Å². The third-order valence-corrected chi connectivity index (χ3v) is 4.78. The number of anilines is 1. The molecule has 1 unspecified atom stereocenters. The fraction of sp³-hybridized carbons (Fsp3) is 0.300. The Bertz CT molecular complexity index is 837. The molecule has 26 heavy (non-hydrogen) atoms. The maximum absolute atomic E-state index is 12.8. The summed E-state index contributed by atoms with van der Waals surface area (Å²) < 4.78 is 10.7. The van der Waals surface area contributed by atoms with Crippen molar-refractivity contribution in [2.75, 3.05) is 25.3 Å². The largest absolute Gasteiger partial charge is 0.454 e. The maximum atomic E-state index is 12.8. The van der Waals surface area contributed by atoms with Gasteiger partial charge in [0.15, 0.2) is 11.5 Å². The van der Waals surface area contributed by atoms with Crippen molar-refractivity contribution in [2.24, 2.45) is 5.92 Å². The van der Waals surface area contributed by atoms with Crippen LogP contribution >= 0.6 is 0 Å². The van der Waals surface area contributed by atoms with Crippen molar-refractivity contribution < 1.29 is 19.1 Å². The van der Waals surface area contributed by atoms with Crippen LogP contribution in [0.25, 0.3) is 0 Å². The van der Waals surface area contributed by atoms with Crippen molar-refractivity contribution in [3.63, 3.8) is 0 Å². The fourth-order valence-electron chi connectivity index (χ4n) is 3.42. The summed E-state index contributed by atoms with van der Waals surface area (Å²) in [5.41, 5.74) is 1.81. The number of nitrogens with zero attached hydrogens (tertiary/aromatic N) is 2. The molecule has 2 aromatic rings. The first-order valence-electron chi connectivity index (χ1n) is 8.61. The minimum atomic E-state index is -0.332. The molecule has 0 N–H and O–H groups in total. The van der Waals surface area contributed by atoms with Crippen LogP contribution in [0.15, 0.2) is 48.5 Å². The molecule has 0 aliphatic carbocycles. The van der Waals surface area contributed by atoms with Gasteiger partial charge < -0.3 is 19.3 Å². The standard InChI is InChI=1S/C20H20N2O4/c1-21(11-14-5-3-2-4-6-14)20(24)15-9-19(23)22(12-15)16-7-8-17-18(10-16)26-13-25-17/h2-8,10,15H,9,11-13H2,1H3. The molecule has 6 heteroatoms. The second kappa shape index (κ2) is 6.71. The molecule has 134 valence electrons. The lowest BCUT2D eigenvalue weighted by atomic mass is 10.1. The molecule has 0 aromatic heterocycles. The second-order valence-electron chi connectivity index (χ2n) is 6.62. The van der Waals surface area contributed by atoms with E-state index >= 15 is 0 Å². The summed E-state index contributed by atoms with van der Waals surface area (Å²) in [6.45, 7) is 1.11. The van der Waals surface area contributed by atoms with E-state index in [-0.39, 0.29) is 30.9 Å². The third-order valence-electron chi connectivity index (χ3n) is 4.78. The van der Waals surface area contributed by atoms with E-state index in [0.29, 0.717) is 24.6 Å². The van der Waals surface area contributed by atoms with Gasteiger partial charge in [-0.2, -0.15) is 0 Å². The highest BCUT2D eigenvalue weighted by Gasteiger charge is 2.37. The summed E-state index contributed by atoms with van der Waals surface area (Å²) in [5.74, 6) is 0.921. The molecule has 0 spiro atoms. The molecule has 4 rings (SSSR count). The van der Waals surface area contributed by atoms with Crippen LogP contribution in [-0.4, -0.2) is 37.1 Å². The van der Waals surface area contributed by atoms with E-state index < -0.39 is 0 Å². The zero-order valence-corrected chi connectivity index (χ0v) is 14.6.